The molecule has 0 bridgehead atoms. The molecule has 0 saturated heterocycles. The minimum atomic E-state index is -4.35. The molecule has 2 aliphatic heterocycles. The number of nitrogens with zero attached hydrogens (tertiary/aromatic N) is 2. The zero-order valence-electron chi connectivity index (χ0n) is 17.2. The first kappa shape index (κ1) is 23.9. The van der Waals surface area contributed by atoms with Gasteiger partial charge in [-0.1, -0.05) is 0 Å². The van der Waals surface area contributed by atoms with E-state index in [2.05, 4.69) is 31.2 Å². The Hall–Kier alpha value is -3.79. The molecular formula is C17H24N8O7S. The van der Waals surface area contributed by atoms with E-state index in [9.17, 15) is 22.8 Å². The van der Waals surface area contributed by atoms with Gasteiger partial charge in [0.15, 0.2) is 5.82 Å². The Labute approximate surface area is 187 Å². The first-order valence-electron chi connectivity index (χ1n) is 9.79. The minimum absolute atomic E-state index is 0.0174. The van der Waals surface area contributed by atoms with Crippen molar-refractivity contribution in [1.29, 1.82) is 0 Å². The minimum Gasteiger partial charge on any atom is -0.480 e. The molecule has 1 aromatic rings. The first-order chi connectivity index (χ1) is 15.5. The third-order valence-electron chi connectivity index (χ3n) is 4.82. The third-order valence-corrected chi connectivity index (χ3v) is 5.57. The van der Waals surface area contributed by atoms with E-state index in [0.717, 1.165) is 0 Å². The molecule has 0 saturated carbocycles. The van der Waals surface area contributed by atoms with Gasteiger partial charge < -0.3 is 32.1 Å². The van der Waals surface area contributed by atoms with E-state index in [-0.39, 0.29) is 24.1 Å². The summed E-state index contributed by atoms with van der Waals surface area (Å²) < 4.78 is 30.4. The van der Waals surface area contributed by atoms with Crippen molar-refractivity contribution >= 4 is 39.6 Å². The molecule has 180 valence electrons. The van der Waals surface area contributed by atoms with Crippen LogP contribution >= 0.6 is 0 Å². The number of urea groups is 1. The van der Waals surface area contributed by atoms with Crippen LogP contribution < -0.4 is 32.6 Å². The number of aliphatic carboxylic acids is 1. The van der Waals surface area contributed by atoms with Gasteiger partial charge in [-0.3, -0.25) is 19.2 Å². The molecule has 2 atom stereocenters. The monoisotopic (exact) mass is 484 g/mol. The van der Waals surface area contributed by atoms with Gasteiger partial charge in [-0.2, -0.15) is 13.4 Å². The van der Waals surface area contributed by atoms with Gasteiger partial charge in [-0.05, 0) is 18.6 Å². The van der Waals surface area contributed by atoms with Crippen LogP contribution in [0.5, 0.6) is 0 Å². The Kier molecular flexibility index (Phi) is 7.07. The highest BCUT2D eigenvalue weighted by atomic mass is 32.2. The molecular weight excluding hydrogens is 460 g/mol. The molecule has 0 aliphatic carbocycles. The second-order valence-electron chi connectivity index (χ2n) is 7.32. The molecule has 0 spiro atoms. The average molecular weight is 484 g/mol. The number of allylic oxidation sites excluding steroid dienone is 1. The SMILES string of the molecule is Nc1nc2c(c(=O)[nH]1)NC(CNC1=CCN(C(=O)N[C@@H](CCS(=O)(=O)O)C(=O)O)C=C1)CN2. The van der Waals surface area contributed by atoms with Crippen LogP contribution in [-0.4, -0.2) is 82.4 Å². The number of H-pyrrole nitrogens is 1. The van der Waals surface area contributed by atoms with Crippen molar-refractivity contribution in [2.24, 2.45) is 0 Å². The van der Waals surface area contributed by atoms with E-state index >= 15 is 0 Å². The molecule has 2 aliphatic rings. The summed E-state index contributed by atoms with van der Waals surface area (Å²) in [5.74, 6) is -1.82. The number of nitrogens with two attached hydrogens (primary N) is 1. The largest absolute Gasteiger partial charge is 0.480 e. The smallest absolute Gasteiger partial charge is 0.326 e. The standard InChI is InChI=1S/C17H24N8O7S/c18-16-23-13-12(14(26)24-16)21-10(8-20-13)7-19-9-1-4-25(5-2-9)17(29)22-11(15(27)28)3-6-33(30,31)32/h1-2,4,10-11,19,21H,3,5-8H2,(H,22,29)(H,27,28)(H,30,31,32)(H4,18,20,23,24,26)/t10?,11-/m0/s1. The predicted molar refractivity (Wildman–Crippen MR) is 118 cm³/mol. The maximum absolute atomic E-state index is 12.3. The Morgan fingerprint density at radius 2 is 2.15 bits per heavy atom. The molecule has 15 nitrogen and oxygen atoms in total. The van der Waals surface area contributed by atoms with E-state index < -0.39 is 40.3 Å². The molecule has 16 heteroatoms. The molecule has 1 unspecified atom stereocenters. The zero-order valence-corrected chi connectivity index (χ0v) is 18.1. The van der Waals surface area contributed by atoms with Crippen molar-refractivity contribution in [2.45, 2.75) is 18.5 Å². The number of nitrogen functional groups attached to an aromatic ring is 1. The quantitative estimate of drug-likeness (QED) is 0.193. The summed E-state index contributed by atoms with van der Waals surface area (Å²) in [6.45, 7) is 1.06. The van der Waals surface area contributed by atoms with Gasteiger partial charge >= 0.3 is 12.0 Å². The lowest BCUT2D eigenvalue weighted by atomic mass is 10.2. The summed E-state index contributed by atoms with van der Waals surface area (Å²) in [7, 11) is -4.35. The van der Waals surface area contributed by atoms with E-state index in [1.54, 1.807) is 12.2 Å². The Morgan fingerprint density at radius 1 is 1.39 bits per heavy atom. The lowest BCUT2D eigenvalue weighted by molar-refractivity contribution is -0.139. The number of rotatable bonds is 8. The highest BCUT2D eigenvalue weighted by molar-refractivity contribution is 7.85. The number of fused-ring (bicyclic) bond motifs is 1. The van der Waals surface area contributed by atoms with Crippen molar-refractivity contribution in [2.75, 3.05) is 41.8 Å². The molecule has 1 aromatic heterocycles. The number of carboxylic acid groups (broad SMARTS) is 1. The van der Waals surface area contributed by atoms with E-state index in [0.29, 0.717) is 30.3 Å². The molecule has 3 rings (SSSR count). The van der Waals surface area contributed by atoms with E-state index in [1.807, 2.05) is 0 Å². The van der Waals surface area contributed by atoms with Gasteiger partial charge in [0.05, 0.1) is 11.8 Å². The Balaban J connectivity index is 1.48. The number of aromatic nitrogens is 2. The van der Waals surface area contributed by atoms with Gasteiger partial charge in [0.1, 0.15) is 11.7 Å². The van der Waals surface area contributed by atoms with Gasteiger partial charge in [0.25, 0.3) is 15.7 Å². The molecule has 3 heterocycles. The topological polar surface area (TPSA) is 232 Å². The van der Waals surface area contributed by atoms with Crippen molar-refractivity contribution in [3.05, 3.63) is 34.4 Å². The number of hydrogen-bond acceptors (Lipinski definition) is 10. The van der Waals surface area contributed by atoms with Crippen molar-refractivity contribution in [1.82, 2.24) is 25.5 Å². The Morgan fingerprint density at radius 3 is 2.79 bits per heavy atom. The average Bonchev–Trinajstić information content (AvgIpc) is 2.74. The van der Waals surface area contributed by atoms with Crippen LogP contribution in [-0.2, 0) is 14.9 Å². The molecule has 9 N–H and O–H groups in total. The normalized spacial score (nSPS) is 18.3. The Bertz CT molecular complexity index is 1150. The fraction of sp³-hybridized carbons (Fsp3) is 0.412. The lowest BCUT2D eigenvalue weighted by Crippen LogP contribution is -2.47. The number of hydrogen-bond donors (Lipinski definition) is 8. The number of carbonyl (C=O) groups is 2. The number of aromatic amines is 1. The summed E-state index contributed by atoms with van der Waals surface area (Å²) in [4.78, 5) is 43.2. The summed E-state index contributed by atoms with van der Waals surface area (Å²) in [5, 5.41) is 20.7. The number of carbonyl (C=O) groups excluding carboxylic acids is 1. The molecule has 0 aromatic carbocycles. The summed E-state index contributed by atoms with van der Waals surface area (Å²) in [5.41, 5.74) is 6.13. The van der Waals surface area contributed by atoms with Gasteiger partial charge in [0.2, 0.25) is 5.95 Å². The fourth-order valence-electron chi connectivity index (χ4n) is 3.13. The van der Waals surface area contributed by atoms with Crippen LogP contribution in [0.3, 0.4) is 0 Å². The van der Waals surface area contributed by atoms with Crippen molar-refractivity contribution < 1.29 is 27.7 Å². The van der Waals surface area contributed by atoms with Crippen LogP contribution in [0.25, 0.3) is 0 Å². The number of anilines is 3. The van der Waals surface area contributed by atoms with Crippen LogP contribution in [0.4, 0.5) is 22.2 Å². The van der Waals surface area contributed by atoms with E-state index in [4.69, 9.17) is 15.4 Å². The molecule has 0 radical (unpaired) electrons. The summed E-state index contributed by atoms with van der Waals surface area (Å²) in [6, 6.07) is -2.35. The lowest BCUT2D eigenvalue weighted by Gasteiger charge is -2.28. The van der Waals surface area contributed by atoms with Crippen LogP contribution in [0.15, 0.2) is 28.8 Å². The second-order valence-corrected chi connectivity index (χ2v) is 8.89. The number of nitrogens with one attached hydrogen (secondary N) is 5. The summed E-state index contributed by atoms with van der Waals surface area (Å²) >= 11 is 0. The molecule has 0 fully saturated rings. The van der Waals surface area contributed by atoms with Crippen LogP contribution in [0.2, 0.25) is 0 Å². The van der Waals surface area contributed by atoms with Gasteiger partial charge in [-0.15, -0.1) is 0 Å². The maximum atomic E-state index is 12.3. The first-order valence-corrected chi connectivity index (χ1v) is 11.4. The van der Waals surface area contributed by atoms with E-state index in [1.165, 1.54) is 11.1 Å². The third kappa shape index (κ3) is 6.59. The van der Waals surface area contributed by atoms with Gasteiger partial charge in [-0.25, -0.2) is 9.59 Å². The van der Waals surface area contributed by atoms with Crippen LogP contribution in [0.1, 0.15) is 6.42 Å². The maximum Gasteiger partial charge on any atom is 0.326 e. The molecule has 2 amide bonds. The highest BCUT2D eigenvalue weighted by Gasteiger charge is 2.25. The zero-order chi connectivity index (χ0) is 24.2. The summed E-state index contributed by atoms with van der Waals surface area (Å²) in [6.07, 6.45) is 4.28. The fourth-order valence-corrected chi connectivity index (χ4v) is 3.66. The second kappa shape index (κ2) is 9.78. The van der Waals surface area contributed by atoms with Crippen LogP contribution in [0, 0.1) is 0 Å². The number of amides is 2. The van der Waals surface area contributed by atoms with Crippen molar-refractivity contribution in [3.8, 4) is 0 Å². The number of carboxylic acids is 1. The van der Waals surface area contributed by atoms with Crippen molar-refractivity contribution in [3.63, 3.8) is 0 Å². The predicted octanol–water partition coefficient (Wildman–Crippen LogP) is -1.70. The van der Waals surface area contributed by atoms with Gasteiger partial charge in [0, 0.05) is 31.5 Å². The molecule has 33 heavy (non-hydrogen) atoms. The highest BCUT2D eigenvalue weighted by Crippen LogP contribution is 2.19.